The molecule has 2 aromatic carbocycles. The summed E-state index contributed by atoms with van der Waals surface area (Å²) in [5.41, 5.74) is 0.689. The fourth-order valence-corrected chi connectivity index (χ4v) is 3.06. The number of rotatable bonds is 8. The number of non-ortho nitro benzene ring substituents is 1. The van der Waals surface area contributed by atoms with Crippen molar-refractivity contribution in [2.45, 2.75) is 17.9 Å². The van der Waals surface area contributed by atoms with E-state index in [0.29, 0.717) is 5.56 Å². The molecule has 0 bridgehead atoms. The molecule has 2 N–H and O–H groups in total. The van der Waals surface area contributed by atoms with E-state index < -0.39 is 14.9 Å². The van der Waals surface area contributed by atoms with Crippen LogP contribution in [0.4, 0.5) is 5.69 Å². The molecule has 2 aromatic rings. The Hall–Kier alpha value is -2.78. The zero-order valence-electron chi connectivity index (χ0n) is 13.2. The van der Waals surface area contributed by atoms with Crippen molar-refractivity contribution in [1.29, 1.82) is 0 Å². The van der Waals surface area contributed by atoms with Crippen LogP contribution < -0.4 is 10.0 Å². The highest BCUT2D eigenvalue weighted by Crippen LogP contribution is 2.11. The van der Waals surface area contributed by atoms with Gasteiger partial charge in [0.2, 0.25) is 15.9 Å². The van der Waals surface area contributed by atoms with E-state index in [-0.39, 0.29) is 36.0 Å². The van der Waals surface area contributed by atoms with Crippen molar-refractivity contribution >= 4 is 21.6 Å². The molecule has 0 aliphatic heterocycles. The number of nitrogens with zero attached hydrogens (tertiary/aromatic N) is 1. The summed E-state index contributed by atoms with van der Waals surface area (Å²) in [6, 6.07) is 13.7. The van der Waals surface area contributed by atoms with Crippen LogP contribution in [0, 0.1) is 10.1 Å². The minimum Gasteiger partial charge on any atom is -0.352 e. The molecule has 0 saturated heterocycles. The van der Waals surface area contributed by atoms with Gasteiger partial charge >= 0.3 is 0 Å². The fraction of sp³-hybridized carbons (Fsp3) is 0.188. The molecule has 8 nitrogen and oxygen atoms in total. The van der Waals surface area contributed by atoms with E-state index in [1.165, 1.54) is 24.3 Å². The molecular weight excluding hydrogens is 346 g/mol. The lowest BCUT2D eigenvalue weighted by Gasteiger charge is -2.07. The lowest BCUT2D eigenvalue weighted by molar-refractivity contribution is -0.384. The van der Waals surface area contributed by atoms with Gasteiger partial charge in [-0.15, -0.1) is 0 Å². The summed E-state index contributed by atoms with van der Waals surface area (Å²) in [6.07, 6.45) is -0.0148. The number of nitro groups is 1. The van der Waals surface area contributed by atoms with Crippen LogP contribution in [-0.4, -0.2) is 25.8 Å². The average Bonchev–Trinajstić information content (AvgIpc) is 2.61. The van der Waals surface area contributed by atoms with E-state index in [1.54, 1.807) is 30.3 Å². The van der Waals surface area contributed by atoms with Gasteiger partial charge in [0.15, 0.2) is 0 Å². The Labute approximate surface area is 145 Å². The van der Waals surface area contributed by atoms with Crippen molar-refractivity contribution < 1.29 is 18.1 Å². The van der Waals surface area contributed by atoms with Crippen LogP contribution in [0.1, 0.15) is 12.0 Å². The zero-order chi connectivity index (χ0) is 18.3. The molecule has 25 heavy (non-hydrogen) atoms. The van der Waals surface area contributed by atoms with E-state index in [4.69, 9.17) is 0 Å². The summed E-state index contributed by atoms with van der Waals surface area (Å²) in [7, 11) is -3.63. The number of hydrogen-bond acceptors (Lipinski definition) is 5. The highest BCUT2D eigenvalue weighted by molar-refractivity contribution is 7.89. The monoisotopic (exact) mass is 363 g/mol. The van der Waals surface area contributed by atoms with Gasteiger partial charge in [-0.2, -0.15) is 0 Å². The van der Waals surface area contributed by atoms with Gasteiger partial charge in [-0.1, -0.05) is 30.3 Å². The molecule has 132 valence electrons. The van der Waals surface area contributed by atoms with Crippen molar-refractivity contribution in [2.75, 3.05) is 6.54 Å². The summed E-state index contributed by atoms with van der Waals surface area (Å²) < 4.78 is 26.3. The first-order valence-electron chi connectivity index (χ1n) is 7.43. The second kappa shape index (κ2) is 8.36. The molecule has 0 spiro atoms. The quantitative estimate of drug-likeness (QED) is 0.545. The second-order valence-corrected chi connectivity index (χ2v) is 6.93. The molecule has 0 aliphatic carbocycles. The molecule has 0 aliphatic rings. The van der Waals surface area contributed by atoms with Crippen LogP contribution in [0.2, 0.25) is 0 Å². The third-order valence-electron chi connectivity index (χ3n) is 3.33. The predicted octanol–water partition coefficient (Wildman–Crippen LogP) is 1.58. The molecular formula is C16H17N3O5S. The van der Waals surface area contributed by atoms with Gasteiger partial charge < -0.3 is 5.32 Å². The number of carbonyl (C=O) groups is 1. The van der Waals surface area contributed by atoms with Crippen molar-refractivity contribution in [3.05, 3.63) is 70.3 Å². The topological polar surface area (TPSA) is 118 Å². The van der Waals surface area contributed by atoms with Crippen LogP contribution in [0.5, 0.6) is 0 Å². The minimum atomic E-state index is -3.63. The molecule has 0 saturated carbocycles. The maximum atomic E-state index is 12.0. The van der Waals surface area contributed by atoms with Crippen molar-refractivity contribution in [3.63, 3.8) is 0 Å². The van der Waals surface area contributed by atoms with Gasteiger partial charge in [-0.3, -0.25) is 14.9 Å². The Morgan fingerprint density at radius 2 is 1.68 bits per heavy atom. The Morgan fingerprint density at radius 1 is 1.04 bits per heavy atom. The fourth-order valence-electron chi connectivity index (χ4n) is 2.01. The smallest absolute Gasteiger partial charge is 0.269 e. The van der Waals surface area contributed by atoms with Crippen molar-refractivity contribution in [2.24, 2.45) is 0 Å². The minimum absolute atomic E-state index is 0.0148. The zero-order valence-corrected chi connectivity index (χ0v) is 14.0. The molecule has 9 heteroatoms. The lowest BCUT2D eigenvalue weighted by atomic mass is 10.2. The first-order chi connectivity index (χ1) is 11.9. The van der Waals surface area contributed by atoms with Gasteiger partial charge in [0, 0.05) is 31.6 Å². The summed E-state index contributed by atoms with van der Waals surface area (Å²) in [5.74, 6) is -0.325. The molecule has 0 unspecified atom stereocenters. The van der Waals surface area contributed by atoms with Gasteiger partial charge in [-0.05, 0) is 17.7 Å². The van der Waals surface area contributed by atoms with E-state index in [9.17, 15) is 23.3 Å². The van der Waals surface area contributed by atoms with Crippen molar-refractivity contribution in [1.82, 2.24) is 10.0 Å². The largest absolute Gasteiger partial charge is 0.352 e. The Morgan fingerprint density at radius 3 is 2.28 bits per heavy atom. The number of sulfonamides is 1. The highest BCUT2D eigenvalue weighted by atomic mass is 32.2. The van der Waals surface area contributed by atoms with E-state index in [2.05, 4.69) is 10.0 Å². The molecule has 0 radical (unpaired) electrons. The van der Waals surface area contributed by atoms with Crippen molar-refractivity contribution in [3.8, 4) is 0 Å². The third-order valence-corrected chi connectivity index (χ3v) is 4.81. The van der Waals surface area contributed by atoms with Gasteiger partial charge in [-0.25, -0.2) is 13.1 Å². The van der Waals surface area contributed by atoms with Gasteiger partial charge in [0.25, 0.3) is 5.69 Å². The second-order valence-electron chi connectivity index (χ2n) is 5.16. The lowest BCUT2D eigenvalue weighted by Crippen LogP contribution is -2.30. The van der Waals surface area contributed by atoms with Gasteiger partial charge in [0.05, 0.1) is 9.82 Å². The van der Waals surface area contributed by atoms with Crippen LogP contribution in [-0.2, 0) is 21.4 Å². The Kier molecular flexibility index (Phi) is 6.20. The average molecular weight is 363 g/mol. The number of carbonyl (C=O) groups excluding carboxylic acids is 1. The number of amides is 1. The first kappa shape index (κ1) is 18.6. The van der Waals surface area contributed by atoms with E-state index >= 15 is 0 Å². The Bertz CT molecular complexity index is 836. The van der Waals surface area contributed by atoms with Crippen LogP contribution in [0.3, 0.4) is 0 Å². The molecule has 0 atom stereocenters. The van der Waals surface area contributed by atoms with E-state index in [0.717, 1.165) is 0 Å². The first-order valence-corrected chi connectivity index (χ1v) is 8.91. The third kappa shape index (κ3) is 5.66. The Balaban J connectivity index is 1.76. The summed E-state index contributed by atoms with van der Waals surface area (Å²) in [6.45, 7) is 0.186. The van der Waals surface area contributed by atoms with Crippen LogP contribution >= 0.6 is 0 Å². The molecule has 2 rings (SSSR count). The normalized spacial score (nSPS) is 11.0. The standard InChI is InChI=1S/C16H17N3O5S/c20-16(17-12-13-6-8-14(9-7-13)19(21)22)10-11-18-25(23,24)15-4-2-1-3-5-15/h1-9,18H,10-12H2,(H,17,20). The van der Waals surface area contributed by atoms with Crippen LogP contribution in [0.15, 0.2) is 59.5 Å². The SMILES string of the molecule is O=C(CCNS(=O)(=O)c1ccccc1)NCc1ccc([N+](=O)[O-])cc1. The number of nitrogens with one attached hydrogen (secondary N) is 2. The molecule has 0 fully saturated rings. The maximum absolute atomic E-state index is 12.0. The molecule has 0 aromatic heterocycles. The van der Waals surface area contributed by atoms with E-state index in [1.807, 2.05) is 0 Å². The summed E-state index contributed by atoms with van der Waals surface area (Å²) >= 11 is 0. The number of hydrogen-bond donors (Lipinski definition) is 2. The number of benzene rings is 2. The predicted molar refractivity (Wildman–Crippen MR) is 91.2 cm³/mol. The summed E-state index contributed by atoms with van der Waals surface area (Å²) in [4.78, 5) is 22.0. The maximum Gasteiger partial charge on any atom is 0.269 e. The summed E-state index contributed by atoms with van der Waals surface area (Å²) in [5, 5.41) is 13.2. The van der Waals surface area contributed by atoms with Crippen LogP contribution in [0.25, 0.3) is 0 Å². The highest BCUT2D eigenvalue weighted by Gasteiger charge is 2.13. The molecule has 0 heterocycles. The molecule has 1 amide bonds. The number of nitro benzene ring substituents is 1. The van der Waals surface area contributed by atoms with Gasteiger partial charge in [0.1, 0.15) is 0 Å².